The van der Waals surface area contributed by atoms with Gasteiger partial charge < -0.3 is 0 Å². The molecular weight excluding hydrogens is 369 g/mol. The summed E-state index contributed by atoms with van der Waals surface area (Å²) in [5.74, 6) is 1.85. The Bertz CT molecular complexity index is 663. The zero-order chi connectivity index (χ0) is 20.8. The van der Waals surface area contributed by atoms with Crippen molar-refractivity contribution in [1.29, 1.82) is 0 Å². The van der Waals surface area contributed by atoms with Crippen LogP contribution in [0.3, 0.4) is 0 Å². The Hall–Kier alpha value is -1.25. The van der Waals surface area contributed by atoms with Gasteiger partial charge in [0.15, 0.2) is 0 Å². The maximum Gasteiger partial charge on any atom is 0.266 e. The summed E-state index contributed by atoms with van der Waals surface area (Å²) in [6, 6.07) is 3.39. The van der Waals surface area contributed by atoms with Crippen LogP contribution in [0.1, 0.15) is 107 Å². The molecule has 3 heteroatoms. The summed E-state index contributed by atoms with van der Waals surface area (Å²) >= 11 is 0. The van der Waals surface area contributed by atoms with Crippen LogP contribution in [-0.2, 0) is 0 Å². The maximum atomic E-state index is 14.6. The molecule has 2 aliphatic carbocycles. The van der Waals surface area contributed by atoms with Crippen LogP contribution in [0.15, 0.2) is 24.3 Å². The van der Waals surface area contributed by atoms with Crippen LogP contribution in [0.4, 0.5) is 13.2 Å². The van der Waals surface area contributed by atoms with Crippen molar-refractivity contribution in [2.75, 3.05) is 0 Å². The Morgan fingerprint density at radius 1 is 0.966 bits per heavy atom. The van der Waals surface area contributed by atoms with Gasteiger partial charge in [-0.3, -0.25) is 0 Å². The molecule has 0 aromatic heterocycles. The summed E-state index contributed by atoms with van der Waals surface area (Å²) in [6.45, 7) is 3.87. The van der Waals surface area contributed by atoms with Gasteiger partial charge in [0.1, 0.15) is 5.82 Å². The van der Waals surface area contributed by atoms with Crippen LogP contribution in [0.2, 0.25) is 0 Å². The number of benzene rings is 1. The molecule has 0 bridgehead atoms. The molecule has 1 aromatic carbocycles. The second-order valence-electron chi connectivity index (χ2n) is 9.41. The Morgan fingerprint density at radius 2 is 1.62 bits per heavy atom. The van der Waals surface area contributed by atoms with Crippen molar-refractivity contribution in [3.8, 4) is 0 Å². The van der Waals surface area contributed by atoms with Gasteiger partial charge in [0.25, 0.3) is 6.43 Å². The standard InChI is InChI=1S/C26H37F3/c1-3-19-9-11-20(12-10-19)6-4-5-7-21-13-15-22(16-14-21)23-17-8-18(2)24(25(23)27)26(28)29/h4,6,8,17,19-22,26H,3,5,7,9-16H2,1-2H3. The minimum Gasteiger partial charge on any atom is -0.206 e. The molecule has 0 nitrogen and oxygen atoms in total. The van der Waals surface area contributed by atoms with Crippen LogP contribution < -0.4 is 0 Å². The fraction of sp³-hybridized carbons (Fsp3) is 0.692. The van der Waals surface area contributed by atoms with Crippen LogP contribution in [0.25, 0.3) is 0 Å². The van der Waals surface area contributed by atoms with Gasteiger partial charge in [0.2, 0.25) is 0 Å². The van der Waals surface area contributed by atoms with E-state index in [4.69, 9.17) is 0 Å². The number of rotatable bonds is 7. The molecule has 0 atom stereocenters. The van der Waals surface area contributed by atoms with E-state index in [9.17, 15) is 13.2 Å². The van der Waals surface area contributed by atoms with Gasteiger partial charge in [-0.1, -0.05) is 37.6 Å². The molecule has 2 fully saturated rings. The summed E-state index contributed by atoms with van der Waals surface area (Å²) < 4.78 is 41.0. The molecule has 3 rings (SSSR count). The predicted molar refractivity (Wildman–Crippen MR) is 115 cm³/mol. The van der Waals surface area contributed by atoms with Crippen molar-refractivity contribution in [2.24, 2.45) is 17.8 Å². The lowest BCUT2D eigenvalue weighted by Gasteiger charge is -2.29. The smallest absolute Gasteiger partial charge is 0.206 e. The highest BCUT2D eigenvalue weighted by atomic mass is 19.3. The van der Waals surface area contributed by atoms with Crippen molar-refractivity contribution in [3.05, 3.63) is 46.8 Å². The number of alkyl halides is 2. The van der Waals surface area contributed by atoms with Gasteiger partial charge in [0.05, 0.1) is 5.56 Å². The molecule has 0 amide bonds. The predicted octanol–water partition coefficient (Wildman–Crippen LogP) is 8.90. The molecule has 29 heavy (non-hydrogen) atoms. The Labute approximate surface area is 175 Å². The fourth-order valence-corrected chi connectivity index (χ4v) is 5.46. The number of allylic oxidation sites excluding steroid dienone is 2. The van der Waals surface area contributed by atoms with Crippen molar-refractivity contribution in [2.45, 2.75) is 96.8 Å². The lowest BCUT2D eigenvalue weighted by molar-refractivity contribution is 0.145. The summed E-state index contributed by atoms with van der Waals surface area (Å²) in [6.07, 6.45) is 15.2. The van der Waals surface area contributed by atoms with Crippen LogP contribution in [-0.4, -0.2) is 0 Å². The van der Waals surface area contributed by atoms with E-state index in [1.165, 1.54) is 38.5 Å². The highest BCUT2D eigenvalue weighted by Crippen LogP contribution is 2.40. The Kier molecular flexibility index (Phi) is 8.26. The molecule has 2 saturated carbocycles. The number of hydrogen-bond acceptors (Lipinski definition) is 0. The second kappa shape index (κ2) is 10.7. The van der Waals surface area contributed by atoms with E-state index in [1.54, 1.807) is 19.1 Å². The van der Waals surface area contributed by atoms with Crippen LogP contribution >= 0.6 is 0 Å². The fourth-order valence-electron chi connectivity index (χ4n) is 5.46. The van der Waals surface area contributed by atoms with Gasteiger partial charge in [-0.15, -0.1) is 0 Å². The van der Waals surface area contributed by atoms with E-state index >= 15 is 0 Å². The SMILES string of the molecule is CCC1CCC(C=CCCC2CCC(c3ccc(C)c(C(F)F)c3F)CC2)CC1. The minimum absolute atomic E-state index is 0.0913. The Balaban J connectivity index is 1.43. The minimum atomic E-state index is -2.74. The third-order valence-corrected chi connectivity index (χ3v) is 7.55. The van der Waals surface area contributed by atoms with Crippen LogP contribution in [0, 0.1) is 30.5 Å². The lowest BCUT2D eigenvalue weighted by atomic mass is 9.76. The zero-order valence-electron chi connectivity index (χ0n) is 18.1. The number of halogens is 3. The molecule has 0 unspecified atom stereocenters. The monoisotopic (exact) mass is 406 g/mol. The van der Waals surface area contributed by atoms with Crippen molar-refractivity contribution >= 4 is 0 Å². The first-order chi connectivity index (χ1) is 14.0. The highest BCUT2D eigenvalue weighted by Gasteiger charge is 2.27. The van der Waals surface area contributed by atoms with E-state index in [2.05, 4.69) is 19.1 Å². The van der Waals surface area contributed by atoms with Gasteiger partial charge in [-0.2, -0.15) is 0 Å². The second-order valence-corrected chi connectivity index (χ2v) is 9.41. The quantitative estimate of drug-likeness (QED) is 0.397. The molecule has 0 N–H and O–H groups in total. The van der Waals surface area contributed by atoms with Gasteiger partial charge in [0, 0.05) is 0 Å². The maximum absolute atomic E-state index is 14.6. The van der Waals surface area contributed by atoms with E-state index in [0.29, 0.717) is 17.0 Å². The van der Waals surface area contributed by atoms with Crippen LogP contribution in [0.5, 0.6) is 0 Å². The molecule has 0 spiro atoms. The average Bonchev–Trinajstić information content (AvgIpc) is 2.72. The van der Waals surface area contributed by atoms with Gasteiger partial charge >= 0.3 is 0 Å². The molecule has 1 aromatic rings. The molecule has 0 radical (unpaired) electrons. The summed E-state index contributed by atoms with van der Waals surface area (Å²) in [4.78, 5) is 0. The summed E-state index contributed by atoms with van der Waals surface area (Å²) in [5.41, 5.74) is 0.458. The van der Waals surface area contributed by atoms with Crippen molar-refractivity contribution in [1.82, 2.24) is 0 Å². The summed E-state index contributed by atoms with van der Waals surface area (Å²) in [7, 11) is 0. The first-order valence-corrected chi connectivity index (χ1v) is 11.7. The molecule has 0 aliphatic heterocycles. The lowest BCUT2D eigenvalue weighted by Crippen LogP contribution is -2.15. The first-order valence-electron chi connectivity index (χ1n) is 11.7. The van der Waals surface area contributed by atoms with Crippen molar-refractivity contribution in [3.63, 3.8) is 0 Å². The molecular formula is C26H37F3. The zero-order valence-corrected chi connectivity index (χ0v) is 18.1. The highest BCUT2D eigenvalue weighted by molar-refractivity contribution is 5.36. The van der Waals surface area contributed by atoms with Gasteiger partial charge in [-0.05, 0) is 106 Å². The molecule has 0 saturated heterocycles. The Morgan fingerprint density at radius 3 is 2.24 bits per heavy atom. The third kappa shape index (κ3) is 5.89. The third-order valence-electron chi connectivity index (χ3n) is 7.55. The molecule has 0 heterocycles. The normalized spacial score (nSPS) is 28.3. The topological polar surface area (TPSA) is 0 Å². The van der Waals surface area contributed by atoms with E-state index in [0.717, 1.165) is 43.9 Å². The van der Waals surface area contributed by atoms with Gasteiger partial charge in [-0.25, -0.2) is 13.2 Å². The first kappa shape index (κ1) is 22.4. The summed E-state index contributed by atoms with van der Waals surface area (Å²) in [5, 5.41) is 0. The number of hydrogen-bond donors (Lipinski definition) is 0. The molecule has 162 valence electrons. The van der Waals surface area contributed by atoms with E-state index in [-0.39, 0.29) is 5.92 Å². The van der Waals surface area contributed by atoms with E-state index in [1.807, 2.05) is 0 Å². The molecule has 2 aliphatic rings. The average molecular weight is 407 g/mol. The van der Waals surface area contributed by atoms with Crippen molar-refractivity contribution < 1.29 is 13.2 Å². The largest absolute Gasteiger partial charge is 0.266 e. The van der Waals surface area contributed by atoms with E-state index < -0.39 is 17.8 Å². The number of aryl methyl sites for hydroxylation is 1.